The molecule has 3 heteroatoms. The highest BCUT2D eigenvalue weighted by atomic mass is 15.4. The first-order valence-corrected chi connectivity index (χ1v) is 3.48. The Labute approximate surface area is 61.1 Å². The SMILES string of the molecule is Cc1[c]nnn1CC(C)C. The molecule has 1 rings (SSSR count). The second-order valence-corrected chi connectivity index (χ2v) is 2.86. The van der Waals surface area contributed by atoms with E-state index in [0.29, 0.717) is 5.92 Å². The minimum absolute atomic E-state index is 0.619. The number of nitrogens with zero attached hydrogens (tertiary/aromatic N) is 3. The lowest BCUT2D eigenvalue weighted by molar-refractivity contribution is 0.464. The van der Waals surface area contributed by atoms with E-state index in [2.05, 4.69) is 30.4 Å². The molecule has 0 aliphatic carbocycles. The fraction of sp³-hybridized carbons (Fsp3) is 0.714. The topological polar surface area (TPSA) is 30.7 Å². The van der Waals surface area contributed by atoms with Crippen molar-refractivity contribution in [1.82, 2.24) is 15.0 Å². The third kappa shape index (κ3) is 1.56. The Balaban J connectivity index is 2.65. The molecule has 0 N–H and O–H groups in total. The van der Waals surface area contributed by atoms with Gasteiger partial charge in [0.2, 0.25) is 0 Å². The van der Waals surface area contributed by atoms with Crippen LogP contribution >= 0.6 is 0 Å². The molecule has 3 nitrogen and oxygen atoms in total. The summed E-state index contributed by atoms with van der Waals surface area (Å²) in [5, 5.41) is 7.53. The van der Waals surface area contributed by atoms with Gasteiger partial charge >= 0.3 is 0 Å². The molecule has 0 aliphatic rings. The van der Waals surface area contributed by atoms with Crippen molar-refractivity contribution in [3.05, 3.63) is 11.9 Å². The second kappa shape index (κ2) is 2.82. The molecular formula is C7H12N3. The molecule has 1 aromatic rings. The summed E-state index contributed by atoms with van der Waals surface area (Å²) in [7, 11) is 0. The number of rotatable bonds is 2. The molecule has 0 spiro atoms. The monoisotopic (exact) mass is 138 g/mol. The Hall–Kier alpha value is -0.860. The third-order valence-corrected chi connectivity index (χ3v) is 1.29. The highest BCUT2D eigenvalue weighted by molar-refractivity contribution is 4.86. The first kappa shape index (κ1) is 7.25. The summed E-state index contributed by atoms with van der Waals surface area (Å²) >= 11 is 0. The normalized spacial score (nSPS) is 10.8. The van der Waals surface area contributed by atoms with Crippen molar-refractivity contribution in [1.29, 1.82) is 0 Å². The minimum atomic E-state index is 0.619. The van der Waals surface area contributed by atoms with E-state index < -0.39 is 0 Å². The van der Waals surface area contributed by atoms with Crippen molar-refractivity contribution in [3.63, 3.8) is 0 Å². The van der Waals surface area contributed by atoms with E-state index in [1.54, 1.807) is 0 Å². The molecule has 0 aromatic carbocycles. The zero-order chi connectivity index (χ0) is 7.56. The average Bonchev–Trinajstić information content (AvgIpc) is 2.15. The molecule has 0 aliphatic heterocycles. The summed E-state index contributed by atoms with van der Waals surface area (Å²) in [6, 6.07) is 0. The van der Waals surface area contributed by atoms with Crippen molar-refractivity contribution in [3.8, 4) is 0 Å². The Bertz CT molecular complexity index is 202. The Kier molecular flexibility index (Phi) is 2.04. The maximum absolute atomic E-state index is 3.87. The molecular weight excluding hydrogens is 126 g/mol. The zero-order valence-corrected chi connectivity index (χ0v) is 6.63. The van der Waals surface area contributed by atoms with E-state index in [9.17, 15) is 0 Å². The van der Waals surface area contributed by atoms with Gasteiger partial charge in [-0.2, -0.15) is 0 Å². The fourth-order valence-corrected chi connectivity index (χ4v) is 0.793. The molecule has 0 fully saturated rings. The quantitative estimate of drug-likeness (QED) is 0.611. The van der Waals surface area contributed by atoms with E-state index in [1.165, 1.54) is 0 Å². The van der Waals surface area contributed by atoms with Gasteiger partial charge in [-0.05, 0) is 12.8 Å². The number of hydrogen-bond donors (Lipinski definition) is 0. The van der Waals surface area contributed by atoms with Crippen LogP contribution in [0.25, 0.3) is 0 Å². The second-order valence-electron chi connectivity index (χ2n) is 2.86. The summed E-state index contributed by atoms with van der Waals surface area (Å²) in [6.07, 6.45) is 2.78. The lowest BCUT2D eigenvalue weighted by atomic mass is 10.2. The maximum Gasteiger partial charge on any atom is 0.138 e. The molecule has 0 unspecified atom stereocenters. The van der Waals surface area contributed by atoms with Crippen LogP contribution in [0.15, 0.2) is 0 Å². The number of aryl methyl sites for hydroxylation is 1. The summed E-state index contributed by atoms with van der Waals surface area (Å²) in [5.74, 6) is 0.619. The largest absolute Gasteiger partial charge is 0.249 e. The predicted molar refractivity (Wildman–Crippen MR) is 38.4 cm³/mol. The molecule has 0 bridgehead atoms. The van der Waals surface area contributed by atoms with Gasteiger partial charge in [-0.3, -0.25) is 0 Å². The molecule has 1 heterocycles. The van der Waals surface area contributed by atoms with Crippen molar-refractivity contribution in [2.75, 3.05) is 0 Å². The molecule has 55 valence electrons. The van der Waals surface area contributed by atoms with Crippen LogP contribution in [0.5, 0.6) is 0 Å². The Morgan fingerprint density at radius 2 is 2.30 bits per heavy atom. The van der Waals surface area contributed by atoms with Crippen molar-refractivity contribution in [2.45, 2.75) is 27.3 Å². The fourth-order valence-electron chi connectivity index (χ4n) is 0.793. The summed E-state index contributed by atoms with van der Waals surface area (Å²) in [5.41, 5.74) is 1.01. The highest BCUT2D eigenvalue weighted by Gasteiger charge is 2.00. The van der Waals surface area contributed by atoms with Gasteiger partial charge in [-0.15, -0.1) is 5.10 Å². The van der Waals surface area contributed by atoms with Gasteiger partial charge in [0.15, 0.2) is 0 Å². The van der Waals surface area contributed by atoms with Gasteiger partial charge in [0.1, 0.15) is 6.20 Å². The molecule has 1 radical (unpaired) electrons. The number of aromatic nitrogens is 3. The summed E-state index contributed by atoms with van der Waals surface area (Å²) in [6.45, 7) is 7.20. The predicted octanol–water partition coefficient (Wildman–Crippen LogP) is 1.04. The number of hydrogen-bond acceptors (Lipinski definition) is 2. The van der Waals surface area contributed by atoms with Crippen LogP contribution in [0, 0.1) is 19.0 Å². The maximum atomic E-state index is 3.87. The summed E-state index contributed by atoms with van der Waals surface area (Å²) < 4.78 is 1.87. The van der Waals surface area contributed by atoms with Gasteiger partial charge in [-0.1, -0.05) is 19.1 Å². The van der Waals surface area contributed by atoms with Crippen LogP contribution in [0.2, 0.25) is 0 Å². The van der Waals surface area contributed by atoms with E-state index in [-0.39, 0.29) is 0 Å². The highest BCUT2D eigenvalue weighted by Crippen LogP contribution is 1.99. The van der Waals surface area contributed by atoms with Gasteiger partial charge in [-0.25, -0.2) is 4.68 Å². The average molecular weight is 138 g/mol. The Morgan fingerprint density at radius 1 is 1.60 bits per heavy atom. The minimum Gasteiger partial charge on any atom is -0.249 e. The molecule has 0 saturated carbocycles. The first-order chi connectivity index (χ1) is 4.70. The molecule has 10 heavy (non-hydrogen) atoms. The lowest BCUT2D eigenvalue weighted by Crippen LogP contribution is -2.07. The summed E-state index contributed by atoms with van der Waals surface area (Å²) in [4.78, 5) is 0. The van der Waals surface area contributed by atoms with Crippen LogP contribution in [-0.2, 0) is 6.54 Å². The van der Waals surface area contributed by atoms with E-state index >= 15 is 0 Å². The van der Waals surface area contributed by atoms with Crippen molar-refractivity contribution >= 4 is 0 Å². The van der Waals surface area contributed by atoms with Crippen molar-refractivity contribution < 1.29 is 0 Å². The Morgan fingerprint density at radius 3 is 2.70 bits per heavy atom. The molecule has 0 saturated heterocycles. The van der Waals surface area contributed by atoms with Gasteiger partial charge in [0.05, 0.1) is 5.69 Å². The molecule has 0 amide bonds. The van der Waals surface area contributed by atoms with Gasteiger partial charge in [0.25, 0.3) is 0 Å². The lowest BCUT2D eigenvalue weighted by Gasteiger charge is -2.04. The van der Waals surface area contributed by atoms with Crippen LogP contribution in [0.3, 0.4) is 0 Å². The standard InChI is InChI=1S/C7H12N3/c1-6(2)5-10-7(3)4-8-9-10/h6H,5H2,1-3H3. The molecule has 0 atom stereocenters. The van der Waals surface area contributed by atoms with Crippen molar-refractivity contribution in [2.24, 2.45) is 5.92 Å². The van der Waals surface area contributed by atoms with E-state index in [0.717, 1.165) is 12.2 Å². The smallest absolute Gasteiger partial charge is 0.138 e. The van der Waals surface area contributed by atoms with E-state index in [4.69, 9.17) is 0 Å². The van der Waals surface area contributed by atoms with Gasteiger partial charge in [0, 0.05) is 6.54 Å². The van der Waals surface area contributed by atoms with Crippen LogP contribution < -0.4 is 0 Å². The van der Waals surface area contributed by atoms with Gasteiger partial charge < -0.3 is 0 Å². The van der Waals surface area contributed by atoms with E-state index in [1.807, 2.05) is 11.6 Å². The third-order valence-electron chi connectivity index (χ3n) is 1.29. The first-order valence-electron chi connectivity index (χ1n) is 3.48. The van der Waals surface area contributed by atoms with Crippen LogP contribution in [0.4, 0.5) is 0 Å². The zero-order valence-electron chi connectivity index (χ0n) is 6.63. The molecule has 1 aromatic heterocycles. The van der Waals surface area contributed by atoms with Crippen LogP contribution in [-0.4, -0.2) is 15.0 Å². The van der Waals surface area contributed by atoms with Crippen LogP contribution in [0.1, 0.15) is 19.5 Å².